The molecule has 0 bridgehead atoms. The number of ketones is 3. The largest absolute Gasteiger partial charge is 0.507 e. The molecule has 246 valence electrons. The predicted molar refractivity (Wildman–Crippen MR) is 172 cm³/mol. The Morgan fingerprint density at radius 3 is 2.40 bits per heavy atom. The van der Waals surface area contributed by atoms with Crippen LogP contribution in [0, 0.1) is 0 Å². The van der Waals surface area contributed by atoms with Crippen LogP contribution in [0.5, 0.6) is 17.2 Å². The SMILES string of the molecule is COc1cccc2c1C(=O)c1c(O)c3c(c(O)c1C2=O)C[C@@](O)(C(C)=O)C[C@@H]3O[C@H]1C[C@H](NC(=S)Nc2ccccc2)[C@H](O)[C@H](C)O1. The number of methoxy groups -OCH3 is 1. The summed E-state index contributed by atoms with van der Waals surface area (Å²) in [7, 11) is 1.34. The second kappa shape index (κ2) is 12.3. The van der Waals surface area contributed by atoms with Gasteiger partial charge in [0.1, 0.15) is 29.0 Å². The summed E-state index contributed by atoms with van der Waals surface area (Å²) in [6.45, 7) is 2.82. The molecule has 1 heterocycles. The first-order valence-electron chi connectivity index (χ1n) is 15.1. The van der Waals surface area contributed by atoms with Gasteiger partial charge in [-0.05, 0) is 44.3 Å². The van der Waals surface area contributed by atoms with Gasteiger partial charge < -0.3 is 45.3 Å². The Balaban J connectivity index is 1.36. The number of Topliss-reactive ketones (excluding diaryl/α,β-unsaturated/α-hetero) is 1. The maximum absolute atomic E-state index is 13.9. The maximum atomic E-state index is 13.9. The first-order chi connectivity index (χ1) is 22.3. The second-order valence-corrected chi connectivity index (χ2v) is 12.5. The van der Waals surface area contributed by atoms with Gasteiger partial charge in [0.05, 0.1) is 42.0 Å². The van der Waals surface area contributed by atoms with Gasteiger partial charge in [0.2, 0.25) is 5.78 Å². The number of nitrogens with one attached hydrogen (secondary N) is 2. The summed E-state index contributed by atoms with van der Waals surface area (Å²) in [4.78, 5) is 40.3. The van der Waals surface area contributed by atoms with Crippen LogP contribution >= 0.6 is 12.2 Å². The minimum absolute atomic E-state index is 0.0247. The average Bonchev–Trinajstić information content (AvgIpc) is 3.03. The van der Waals surface area contributed by atoms with E-state index in [1.54, 1.807) is 6.92 Å². The third kappa shape index (κ3) is 5.63. The van der Waals surface area contributed by atoms with E-state index in [2.05, 4.69) is 10.6 Å². The molecule has 0 aromatic heterocycles. The molecule has 0 spiro atoms. The molecule has 0 radical (unpaired) electrons. The number of hydrogen-bond acceptors (Lipinski definition) is 11. The highest BCUT2D eigenvalue weighted by Gasteiger charge is 2.49. The number of hydrogen-bond donors (Lipinski definition) is 6. The normalized spacial score (nSPS) is 26.4. The summed E-state index contributed by atoms with van der Waals surface area (Å²) >= 11 is 5.46. The van der Waals surface area contributed by atoms with Crippen LogP contribution in [-0.2, 0) is 20.7 Å². The lowest BCUT2D eigenvalue weighted by Crippen LogP contribution is -2.56. The van der Waals surface area contributed by atoms with Crippen LogP contribution in [0.15, 0.2) is 48.5 Å². The molecule has 1 saturated heterocycles. The molecular weight excluding hydrogens is 628 g/mol. The van der Waals surface area contributed by atoms with Gasteiger partial charge >= 0.3 is 0 Å². The Morgan fingerprint density at radius 2 is 1.72 bits per heavy atom. The Hall–Kier alpha value is -4.40. The fourth-order valence-electron chi connectivity index (χ4n) is 6.62. The van der Waals surface area contributed by atoms with E-state index in [-0.39, 0.29) is 46.0 Å². The number of aromatic hydroxyl groups is 2. The van der Waals surface area contributed by atoms with Crippen molar-refractivity contribution in [3.05, 3.63) is 81.9 Å². The van der Waals surface area contributed by atoms with Gasteiger partial charge in [-0.3, -0.25) is 14.4 Å². The van der Waals surface area contributed by atoms with Crippen LogP contribution < -0.4 is 15.4 Å². The van der Waals surface area contributed by atoms with Crippen molar-refractivity contribution >= 4 is 40.4 Å². The van der Waals surface area contributed by atoms with E-state index in [4.69, 9.17) is 26.4 Å². The Kier molecular flexibility index (Phi) is 8.53. The van der Waals surface area contributed by atoms with E-state index in [1.807, 2.05) is 30.3 Å². The van der Waals surface area contributed by atoms with E-state index in [0.29, 0.717) is 0 Å². The average molecular weight is 663 g/mol. The molecule has 1 aliphatic heterocycles. The van der Waals surface area contributed by atoms with Crippen molar-refractivity contribution in [3.8, 4) is 17.2 Å². The summed E-state index contributed by atoms with van der Waals surface area (Å²) in [5.41, 5.74) is -2.43. The Bertz CT molecular complexity index is 1800. The fraction of sp³-hybridized carbons (Fsp3) is 0.353. The van der Waals surface area contributed by atoms with Gasteiger partial charge in [0.25, 0.3) is 0 Å². The van der Waals surface area contributed by atoms with E-state index in [9.17, 15) is 34.8 Å². The van der Waals surface area contributed by atoms with Crippen LogP contribution in [0.2, 0.25) is 0 Å². The number of aliphatic hydroxyl groups excluding tert-OH is 1. The summed E-state index contributed by atoms with van der Waals surface area (Å²) < 4.78 is 17.6. The highest BCUT2D eigenvalue weighted by atomic mass is 32.1. The molecule has 3 aromatic rings. The minimum atomic E-state index is -2.04. The smallest absolute Gasteiger partial charge is 0.202 e. The van der Waals surface area contributed by atoms with Crippen molar-refractivity contribution in [2.24, 2.45) is 0 Å². The van der Waals surface area contributed by atoms with Crippen molar-refractivity contribution in [1.82, 2.24) is 5.32 Å². The van der Waals surface area contributed by atoms with Crippen LogP contribution in [0.4, 0.5) is 5.69 Å². The van der Waals surface area contributed by atoms with Crippen LogP contribution in [0.1, 0.15) is 75.8 Å². The number of thiocarbonyl (C=S) groups is 1. The summed E-state index contributed by atoms with van der Waals surface area (Å²) in [6.07, 6.45) is -4.85. The predicted octanol–water partition coefficient (Wildman–Crippen LogP) is 3.06. The number of phenols is 2. The standard InChI is InChI=1S/C34H34N2O10S/c1-15-28(38)20(36-33(47)35-17-8-5-4-6-9-17)12-23(45-15)46-22-14-34(43,16(2)37)13-19-25(22)32(42)27-26(30(19)40)29(39)18-10-7-11-21(44-3)24(18)31(27)41/h4-11,15,20,22-23,28,38,40,42-43H,12-14H2,1-3H3,(H2,35,36,47)/t15-,20-,22-,23-,28+,34-/m0/s1. The molecule has 3 aliphatic rings. The number of ether oxygens (including phenoxy) is 3. The summed E-state index contributed by atoms with van der Waals surface area (Å²) in [6, 6.07) is 13.0. The van der Waals surface area contributed by atoms with Gasteiger partial charge in [0, 0.05) is 41.6 Å². The highest BCUT2D eigenvalue weighted by Crippen LogP contribution is 2.52. The number of rotatable bonds is 6. The minimum Gasteiger partial charge on any atom is -0.507 e. The van der Waals surface area contributed by atoms with Crippen molar-refractivity contribution in [2.75, 3.05) is 12.4 Å². The molecule has 3 aromatic carbocycles. The Labute approximate surface area is 275 Å². The lowest BCUT2D eigenvalue weighted by molar-refractivity contribution is -0.248. The van der Waals surface area contributed by atoms with Crippen molar-refractivity contribution in [1.29, 1.82) is 0 Å². The summed E-state index contributed by atoms with van der Waals surface area (Å²) in [5.74, 6) is -3.25. The van der Waals surface area contributed by atoms with Gasteiger partial charge in [0.15, 0.2) is 23.0 Å². The topological polar surface area (TPSA) is 184 Å². The zero-order valence-corrected chi connectivity index (χ0v) is 26.6. The van der Waals surface area contributed by atoms with E-state index in [0.717, 1.165) is 5.69 Å². The molecular formula is C34H34N2O10S. The molecule has 13 heteroatoms. The molecule has 2 aliphatic carbocycles. The number of carbonyl (C=O) groups is 3. The Morgan fingerprint density at radius 1 is 1.02 bits per heavy atom. The third-order valence-corrected chi connectivity index (χ3v) is 9.32. The second-order valence-electron chi connectivity index (χ2n) is 12.0. The highest BCUT2D eigenvalue weighted by molar-refractivity contribution is 7.80. The number of para-hydroxylation sites is 1. The van der Waals surface area contributed by atoms with Crippen molar-refractivity contribution in [2.45, 2.75) is 69.4 Å². The first-order valence-corrected chi connectivity index (χ1v) is 15.5. The number of phenolic OH excluding ortho intramolecular Hbond substituents is 2. The zero-order chi connectivity index (χ0) is 33.8. The van der Waals surface area contributed by atoms with Crippen LogP contribution in [0.3, 0.4) is 0 Å². The maximum Gasteiger partial charge on any atom is 0.202 e. The molecule has 6 atom stereocenters. The lowest BCUT2D eigenvalue weighted by Gasteiger charge is -2.43. The fourth-order valence-corrected chi connectivity index (χ4v) is 6.89. The number of carbonyl (C=O) groups excluding carboxylic acids is 3. The molecule has 6 N–H and O–H groups in total. The van der Waals surface area contributed by atoms with E-state index < -0.39 is 82.6 Å². The molecule has 0 amide bonds. The first kappa shape index (κ1) is 32.5. The number of aliphatic hydroxyl groups is 2. The summed E-state index contributed by atoms with van der Waals surface area (Å²) in [5, 5.41) is 52.0. The zero-order valence-electron chi connectivity index (χ0n) is 25.8. The molecule has 0 saturated carbocycles. The van der Waals surface area contributed by atoms with Gasteiger partial charge in [-0.1, -0.05) is 30.3 Å². The van der Waals surface area contributed by atoms with Gasteiger partial charge in [-0.25, -0.2) is 0 Å². The quantitative estimate of drug-likeness (QED) is 0.131. The number of fused-ring (bicyclic) bond motifs is 3. The van der Waals surface area contributed by atoms with Crippen LogP contribution in [-0.4, -0.2) is 80.1 Å². The van der Waals surface area contributed by atoms with E-state index in [1.165, 1.54) is 32.2 Å². The van der Waals surface area contributed by atoms with Crippen LogP contribution in [0.25, 0.3) is 0 Å². The molecule has 47 heavy (non-hydrogen) atoms. The molecule has 1 fully saturated rings. The lowest BCUT2D eigenvalue weighted by atomic mass is 9.72. The van der Waals surface area contributed by atoms with Crippen molar-refractivity contribution in [3.63, 3.8) is 0 Å². The van der Waals surface area contributed by atoms with Gasteiger partial charge in [-0.15, -0.1) is 0 Å². The number of benzene rings is 3. The van der Waals surface area contributed by atoms with Crippen molar-refractivity contribution < 1.29 is 49.0 Å². The monoisotopic (exact) mass is 662 g/mol. The molecule has 6 rings (SSSR count). The number of anilines is 1. The van der Waals surface area contributed by atoms with E-state index >= 15 is 0 Å². The third-order valence-electron chi connectivity index (χ3n) is 9.10. The van der Waals surface area contributed by atoms with Gasteiger partial charge in [-0.2, -0.15) is 0 Å². The molecule has 0 unspecified atom stereocenters. The molecule has 12 nitrogen and oxygen atoms in total.